The molecule has 0 bridgehead atoms. The van der Waals surface area contributed by atoms with Crippen molar-refractivity contribution >= 4 is 51.5 Å². The summed E-state index contributed by atoms with van der Waals surface area (Å²) in [5.41, 5.74) is 0.565. The Morgan fingerprint density at radius 3 is 2.50 bits per heavy atom. The van der Waals surface area contributed by atoms with Crippen LogP contribution in [0.25, 0.3) is 0 Å². The van der Waals surface area contributed by atoms with Gasteiger partial charge in [0.15, 0.2) is 5.17 Å². The van der Waals surface area contributed by atoms with Crippen molar-refractivity contribution in [3.63, 3.8) is 0 Å². The number of nitrogens with one attached hydrogen (secondary N) is 1. The standard InChI is InChI=1S/C22H22N6O7S/c1-4-23-22-26(25-13(2)14-6-5-7-15(10-14)27(31)32)21(30)19(36-22)12-20(29)24-17-11-16(28(33)34)8-9-18(17)35-3/h5-11,19H,4,12H2,1-3H3,(H,24,29)/b23-22?,25-13-/t19-/m0/s1. The Morgan fingerprint density at radius 2 is 1.86 bits per heavy atom. The van der Waals surface area contributed by atoms with Crippen LogP contribution in [0.5, 0.6) is 5.75 Å². The maximum atomic E-state index is 13.1. The fourth-order valence-corrected chi connectivity index (χ4v) is 4.37. The van der Waals surface area contributed by atoms with Gasteiger partial charge in [-0.3, -0.25) is 34.8 Å². The number of anilines is 1. The monoisotopic (exact) mass is 514 g/mol. The molecule has 1 atom stereocenters. The normalized spacial score (nSPS) is 16.8. The van der Waals surface area contributed by atoms with Crippen LogP contribution < -0.4 is 10.1 Å². The Bertz CT molecular complexity index is 1280. The molecule has 1 N–H and O–H groups in total. The summed E-state index contributed by atoms with van der Waals surface area (Å²) in [6.07, 6.45) is -0.250. The van der Waals surface area contributed by atoms with Crippen LogP contribution >= 0.6 is 11.8 Å². The van der Waals surface area contributed by atoms with Gasteiger partial charge in [0, 0.05) is 42.8 Å². The van der Waals surface area contributed by atoms with E-state index < -0.39 is 26.9 Å². The van der Waals surface area contributed by atoms with Gasteiger partial charge in [0.1, 0.15) is 11.0 Å². The average molecular weight is 515 g/mol. The Kier molecular flexibility index (Phi) is 8.32. The number of methoxy groups -OCH3 is 1. The number of nitrogens with zero attached hydrogens (tertiary/aromatic N) is 5. The lowest BCUT2D eigenvalue weighted by molar-refractivity contribution is -0.385. The Balaban J connectivity index is 1.80. The number of ether oxygens (including phenoxy) is 1. The summed E-state index contributed by atoms with van der Waals surface area (Å²) in [6, 6.07) is 9.63. The van der Waals surface area contributed by atoms with E-state index in [0.717, 1.165) is 16.8 Å². The van der Waals surface area contributed by atoms with Crippen molar-refractivity contribution in [3.05, 3.63) is 68.3 Å². The molecule has 2 amide bonds. The zero-order valence-electron chi connectivity index (χ0n) is 19.5. The van der Waals surface area contributed by atoms with Crippen LogP contribution in [0.2, 0.25) is 0 Å². The summed E-state index contributed by atoms with van der Waals surface area (Å²) in [5.74, 6) is -0.818. The number of hydrogen-bond acceptors (Lipinski definition) is 10. The fraction of sp³-hybridized carbons (Fsp3) is 0.273. The van der Waals surface area contributed by atoms with Crippen molar-refractivity contribution in [2.75, 3.05) is 19.0 Å². The molecule has 0 unspecified atom stereocenters. The van der Waals surface area contributed by atoms with Gasteiger partial charge in [-0.2, -0.15) is 10.1 Å². The Labute approximate surface area is 209 Å². The van der Waals surface area contributed by atoms with Crippen LogP contribution in [0.4, 0.5) is 17.1 Å². The lowest BCUT2D eigenvalue weighted by Crippen LogP contribution is -2.30. The molecule has 13 nitrogen and oxygen atoms in total. The van der Waals surface area contributed by atoms with Gasteiger partial charge in [-0.25, -0.2) is 0 Å². The molecule has 1 heterocycles. The molecule has 3 rings (SSSR count). The van der Waals surface area contributed by atoms with Crippen LogP contribution in [0, 0.1) is 20.2 Å². The molecule has 1 aliphatic rings. The molecule has 0 spiro atoms. The largest absolute Gasteiger partial charge is 0.495 e. The van der Waals surface area contributed by atoms with Gasteiger partial charge in [-0.15, -0.1) is 0 Å². The molecule has 2 aromatic rings. The predicted octanol–water partition coefficient (Wildman–Crippen LogP) is 3.58. The molecule has 188 valence electrons. The van der Waals surface area contributed by atoms with E-state index in [1.165, 1.54) is 43.5 Å². The first-order valence-electron chi connectivity index (χ1n) is 10.6. The number of carbonyl (C=O) groups excluding carboxylic acids is 2. The number of hydrogen-bond donors (Lipinski definition) is 1. The number of aliphatic imine (C=N–C) groups is 1. The summed E-state index contributed by atoms with van der Waals surface area (Å²) < 4.78 is 5.15. The minimum Gasteiger partial charge on any atom is -0.495 e. The first-order valence-corrected chi connectivity index (χ1v) is 11.5. The molecule has 0 saturated carbocycles. The third kappa shape index (κ3) is 6.02. The maximum Gasteiger partial charge on any atom is 0.271 e. The van der Waals surface area contributed by atoms with Gasteiger partial charge in [0.25, 0.3) is 17.3 Å². The number of hydrazone groups is 1. The first-order chi connectivity index (χ1) is 17.1. The van der Waals surface area contributed by atoms with Crippen molar-refractivity contribution in [2.24, 2.45) is 10.1 Å². The molecule has 0 aromatic heterocycles. The van der Waals surface area contributed by atoms with E-state index in [4.69, 9.17) is 4.74 Å². The van der Waals surface area contributed by atoms with Crippen LogP contribution in [0.3, 0.4) is 0 Å². The molecule has 2 aromatic carbocycles. The molecular formula is C22H22N6O7S. The Hall–Kier alpha value is -4.33. The van der Waals surface area contributed by atoms with Gasteiger partial charge >= 0.3 is 0 Å². The molecule has 1 aliphatic heterocycles. The molecule has 0 aliphatic carbocycles. The third-order valence-electron chi connectivity index (χ3n) is 4.97. The van der Waals surface area contributed by atoms with Crippen LogP contribution in [-0.4, -0.2) is 56.5 Å². The van der Waals surface area contributed by atoms with E-state index in [1.807, 2.05) is 0 Å². The maximum absolute atomic E-state index is 13.1. The van der Waals surface area contributed by atoms with Crippen molar-refractivity contribution in [2.45, 2.75) is 25.5 Å². The van der Waals surface area contributed by atoms with Gasteiger partial charge < -0.3 is 10.1 Å². The predicted molar refractivity (Wildman–Crippen MR) is 134 cm³/mol. The average Bonchev–Trinajstić information content (AvgIpc) is 3.12. The van der Waals surface area contributed by atoms with Gasteiger partial charge in [0.05, 0.1) is 28.4 Å². The molecular weight excluding hydrogens is 492 g/mol. The molecule has 36 heavy (non-hydrogen) atoms. The highest BCUT2D eigenvalue weighted by atomic mass is 32.2. The summed E-state index contributed by atoms with van der Waals surface area (Å²) in [4.78, 5) is 51.1. The van der Waals surface area contributed by atoms with E-state index in [9.17, 15) is 29.8 Å². The second-order valence-corrected chi connectivity index (χ2v) is 8.57. The zero-order chi connectivity index (χ0) is 26.4. The van der Waals surface area contributed by atoms with Crippen molar-refractivity contribution < 1.29 is 24.2 Å². The summed E-state index contributed by atoms with van der Waals surface area (Å²) in [6.45, 7) is 3.75. The summed E-state index contributed by atoms with van der Waals surface area (Å²) >= 11 is 1.06. The van der Waals surface area contributed by atoms with E-state index >= 15 is 0 Å². The lowest BCUT2D eigenvalue weighted by Gasteiger charge is -2.12. The SMILES string of the molecule is CCN=C1S[C@@H](CC(=O)Nc2cc([N+](=O)[O-])ccc2OC)C(=O)N1/N=C(/C)c1cccc([N+](=O)[O-])c1. The van der Waals surface area contributed by atoms with Gasteiger partial charge in [-0.05, 0) is 19.9 Å². The highest BCUT2D eigenvalue weighted by molar-refractivity contribution is 8.15. The summed E-state index contributed by atoms with van der Waals surface area (Å²) in [7, 11) is 1.36. The number of amides is 2. The van der Waals surface area contributed by atoms with Crippen LogP contribution in [-0.2, 0) is 9.59 Å². The number of rotatable bonds is 9. The topological polar surface area (TPSA) is 170 Å². The van der Waals surface area contributed by atoms with Crippen molar-refractivity contribution in [3.8, 4) is 5.75 Å². The van der Waals surface area contributed by atoms with Crippen molar-refractivity contribution in [1.29, 1.82) is 0 Å². The van der Waals surface area contributed by atoms with E-state index in [1.54, 1.807) is 19.9 Å². The minimum atomic E-state index is -0.846. The third-order valence-corrected chi connectivity index (χ3v) is 6.14. The highest BCUT2D eigenvalue weighted by Gasteiger charge is 2.39. The van der Waals surface area contributed by atoms with E-state index in [2.05, 4.69) is 15.4 Å². The minimum absolute atomic E-state index is 0.103. The zero-order valence-corrected chi connectivity index (χ0v) is 20.4. The molecule has 1 fully saturated rings. The van der Waals surface area contributed by atoms with Gasteiger partial charge in [0.2, 0.25) is 5.91 Å². The first kappa shape index (κ1) is 26.3. The Morgan fingerprint density at radius 1 is 1.17 bits per heavy atom. The van der Waals surface area contributed by atoms with Crippen LogP contribution in [0.15, 0.2) is 52.6 Å². The highest BCUT2D eigenvalue weighted by Crippen LogP contribution is 2.32. The number of benzene rings is 2. The molecule has 14 heteroatoms. The number of nitro benzene ring substituents is 2. The molecule has 0 radical (unpaired) electrons. The number of nitro groups is 2. The van der Waals surface area contributed by atoms with Gasteiger partial charge in [-0.1, -0.05) is 23.9 Å². The lowest BCUT2D eigenvalue weighted by atomic mass is 10.1. The summed E-state index contributed by atoms with van der Waals surface area (Å²) in [5, 5.41) is 29.6. The number of amidine groups is 1. The second-order valence-electron chi connectivity index (χ2n) is 7.40. The van der Waals surface area contributed by atoms with Crippen molar-refractivity contribution in [1.82, 2.24) is 5.01 Å². The molecule has 1 saturated heterocycles. The number of thioether (sulfide) groups is 1. The van der Waals surface area contributed by atoms with E-state index in [0.29, 0.717) is 17.8 Å². The number of non-ortho nitro benzene ring substituents is 2. The quantitative estimate of drug-likeness (QED) is 0.301. The fourth-order valence-electron chi connectivity index (χ4n) is 3.25. The second kappa shape index (κ2) is 11.4. The number of carbonyl (C=O) groups is 2. The van der Waals surface area contributed by atoms with E-state index in [-0.39, 0.29) is 34.4 Å². The smallest absolute Gasteiger partial charge is 0.271 e. The van der Waals surface area contributed by atoms with Crippen LogP contribution in [0.1, 0.15) is 25.8 Å².